The lowest BCUT2D eigenvalue weighted by molar-refractivity contribution is 0.248. The van der Waals surface area contributed by atoms with Crippen molar-refractivity contribution in [1.82, 2.24) is 4.90 Å². The van der Waals surface area contributed by atoms with E-state index in [1.807, 2.05) is 24.3 Å². The number of rotatable bonds is 5. The van der Waals surface area contributed by atoms with E-state index in [1.165, 1.54) is 42.6 Å². The summed E-state index contributed by atoms with van der Waals surface area (Å²) in [5.74, 6) is 1.39. The van der Waals surface area contributed by atoms with Crippen molar-refractivity contribution in [3.8, 4) is 11.5 Å². The Kier molecular flexibility index (Phi) is 5.89. The fourth-order valence-electron chi connectivity index (χ4n) is 5.00. The summed E-state index contributed by atoms with van der Waals surface area (Å²) in [7, 11) is 0. The van der Waals surface area contributed by atoms with Crippen LogP contribution in [0.1, 0.15) is 46.9 Å². The van der Waals surface area contributed by atoms with Crippen LogP contribution in [0.25, 0.3) is 0 Å². The Morgan fingerprint density at radius 3 is 2.35 bits per heavy atom. The van der Waals surface area contributed by atoms with Crippen LogP contribution >= 0.6 is 11.6 Å². The van der Waals surface area contributed by atoms with E-state index in [-0.39, 0.29) is 17.6 Å². The van der Waals surface area contributed by atoms with Crippen molar-refractivity contribution in [1.29, 1.82) is 0 Å². The maximum absolute atomic E-state index is 10.2. The summed E-state index contributed by atoms with van der Waals surface area (Å²) in [5.41, 5.74) is 4.86. The second kappa shape index (κ2) is 8.94. The monoisotopic (exact) mass is 433 g/mol. The predicted octanol–water partition coefficient (Wildman–Crippen LogP) is 5.99. The van der Waals surface area contributed by atoms with Gasteiger partial charge in [0, 0.05) is 29.0 Å². The lowest BCUT2D eigenvalue weighted by Gasteiger charge is -2.34. The predicted molar refractivity (Wildman–Crippen MR) is 125 cm³/mol. The van der Waals surface area contributed by atoms with Gasteiger partial charge in [-0.2, -0.15) is 0 Å². The van der Waals surface area contributed by atoms with Crippen molar-refractivity contribution >= 4 is 11.6 Å². The standard InChI is InChI=1S/C27H28ClNO2/c28-22-9-7-20(8-10-22)25-18-31-26-12-11-23(30)17-24(26)27(25)21-5-3-19(4-6-21)13-16-29-14-1-2-15-29/h3-12,17,25,27,30H,1-2,13-16,18H2. The summed E-state index contributed by atoms with van der Waals surface area (Å²) in [6, 6.07) is 22.5. The highest BCUT2D eigenvalue weighted by atomic mass is 35.5. The van der Waals surface area contributed by atoms with Gasteiger partial charge in [-0.05, 0) is 79.4 Å². The summed E-state index contributed by atoms with van der Waals surface area (Å²) in [6.07, 6.45) is 3.76. The third-order valence-electron chi connectivity index (χ3n) is 6.70. The maximum atomic E-state index is 10.2. The molecule has 0 saturated carbocycles. The van der Waals surface area contributed by atoms with Crippen molar-refractivity contribution in [3.63, 3.8) is 0 Å². The molecule has 4 heteroatoms. The van der Waals surface area contributed by atoms with E-state index in [0.29, 0.717) is 6.61 Å². The summed E-state index contributed by atoms with van der Waals surface area (Å²) >= 11 is 6.13. The van der Waals surface area contributed by atoms with Crippen LogP contribution < -0.4 is 4.74 Å². The molecular weight excluding hydrogens is 406 g/mol. The average molecular weight is 434 g/mol. The van der Waals surface area contributed by atoms with Crippen molar-refractivity contribution in [3.05, 3.63) is 94.0 Å². The van der Waals surface area contributed by atoms with Gasteiger partial charge in [-0.1, -0.05) is 48.0 Å². The zero-order chi connectivity index (χ0) is 21.2. The van der Waals surface area contributed by atoms with Crippen LogP contribution in [-0.2, 0) is 6.42 Å². The first-order valence-electron chi connectivity index (χ1n) is 11.2. The molecule has 2 aliphatic heterocycles. The number of nitrogens with zero attached hydrogens (tertiary/aromatic N) is 1. The molecule has 1 N–H and O–H groups in total. The van der Waals surface area contributed by atoms with Gasteiger partial charge in [0.25, 0.3) is 0 Å². The Morgan fingerprint density at radius 2 is 1.61 bits per heavy atom. The van der Waals surface area contributed by atoms with Crippen molar-refractivity contribution in [2.75, 3.05) is 26.2 Å². The SMILES string of the molecule is Oc1ccc2c(c1)C(c1ccc(CCN3CCCC3)cc1)C(c1ccc(Cl)cc1)CO2. The lowest BCUT2D eigenvalue weighted by atomic mass is 9.75. The van der Waals surface area contributed by atoms with Crippen molar-refractivity contribution in [2.24, 2.45) is 0 Å². The van der Waals surface area contributed by atoms with Crippen LogP contribution in [0, 0.1) is 0 Å². The van der Waals surface area contributed by atoms with Crippen molar-refractivity contribution < 1.29 is 9.84 Å². The first-order chi connectivity index (χ1) is 15.2. The topological polar surface area (TPSA) is 32.7 Å². The molecule has 0 bridgehead atoms. The first-order valence-corrected chi connectivity index (χ1v) is 11.6. The molecule has 2 heterocycles. The van der Waals surface area contributed by atoms with Gasteiger partial charge in [-0.15, -0.1) is 0 Å². The Balaban J connectivity index is 1.45. The van der Waals surface area contributed by atoms with E-state index in [9.17, 15) is 5.11 Å². The van der Waals surface area contributed by atoms with E-state index in [4.69, 9.17) is 16.3 Å². The van der Waals surface area contributed by atoms with E-state index in [1.54, 1.807) is 6.07 Å². The van der Waals surface area contributed by atoms with Crippen LogP contribution in [-0.4, -0.2) is 36.2 Å². The van der Waals surface area contributed by atoms with E-state index in [0.717, 1.165) is 29.3 Å². The third kappa shape index (κ3) is 4.44. The minimum Gasteiger partial charge on any atom is -0.508 e. The van der Waals surface area contributed by atoms with Gasteiger partial charge in [0.2, 0.25) is 0 Å². The van der Waals surface area contributed by atoms with Gasteiger partial charge in [-0.3, -0.25) is 0 Å². The molecule has 3 aromatic rings. The molecule has 2 unspecified atom stereocenters. The van der Waals surface area contributed by atoms with Crippen LogP contribution in [0.3, 0.4) is 0 Å². The Bertz CT molecular complexity index is 1030. The second-order valence-corrected chi connectivity index (χ2v) is 9.15. The van der Waals surface area contributed by atoms with Crippen molar-refractivity contribution in [2.45, 2.75) is 31.1 Å². The van der Waals surface area contributed by atoms with E-state index >= 15 is 0 Å². The summed E-state index contributed by atoms with van der Waals surface area (Å²) in [6.45, 7) is 4.22. The number of ether oxygens (including phenoxy) is 1. The lowest BCUT2D eigenvalue weighted by Crippen LogP contribution is -2.25. The zero-order valence-electron chi connectivity index (χ0n) is 17.6. The molecule has 1 fully saturated rings. The largest absolute Gasteiger partial charge is 0.508 e. The molecule has 0 aliphatic carbocycles. The number of likely N-dealkylation sites (tertiary alicyclic amines) is 1. The highest BCUT2D eigenvalue weighted by Crippen LogP contribution is 2.47. The summed E-state index contributed by atoms with van der Waals surface area (Å²) in [5, 5.41) is 10.9. The van der Waals surface area contributed by atoms with Crippen LogP contribution in [0.4, 0.5) is 0 Å². The molecule has 0 spiro atoms. The zero-order valence-corrected chi connectivity index (χ0v) is 18.4. The van der Waals surface area contributed by atoms with Gasteiger partial charge in [0.15, 0.2) is 0 Å². The molecule has 1 saturated heterocycles. The van der Waals surface area contributed by atoms with Crippen LogP contribution in [0.5, 0.6) is 11.5 Å². The number of fused-ring (bicyclic) bond motifs is 1. The summed E-state index contributed by atoms with van der Waals surface area (Å²) < 4.78 is 6.10. The Hall–Kier alpha value is -2.49. The third-order valence-corrected chi connectivity index (χ3v) is 6.95. The van der Waals surface area contributed by atoms with Gasteiger partial charge in [0.05, 0.1) is 6.61 Å². The first kappa shape index (κ1) is 20.4. The van der Waals surface area contributed by atoms with Gasteiger partial charge >= 0.3 is 0 Å². The number of phenols is 1. The minimum atomic E-state index is 0.115. The number of phenolic OH excluding ortho intramolecular Hbond substituents is 1. The Labute approximate surface area is 189 Å². The van der Waals surface area contributed by atoms with E-state index in [2.05, 4.69) is 41.3 Å². The van der Waals surface area contributed by atoms with Gasteiger partial charge in [-0.25, -0.2) is 0 Å². The molecule has 3 nitrogen and oxygen atoms in total. The van der Waals surface area contributed by atoms with E-state index < -0.39 is 0 Å². The Morgan fingerprint density at radius 1 is 0.903 bits per heavy atom. The number of benzene rings is 3. The molecule has 3 aromatic carbocycles. The van der Waals surface area contributed by atoms with Gasteiger partial charge < -0.3 is 14.7 Å². The minimum absolute atomic E-state index is 0.115. The normalized spacial score (nSPS) is 20.9. The molecule has 31 heavy (non-hydrogen) atoms. The number of hydrogen-bond acceptors (Lipinski definition) is 3. The van der Waals surface area contributed by atoms with Gasteiger partial charge in [0.1, 0.15) is 11.5 Å². The highest BCUT2D eigenvalue weighted by Gasteiger charge is 2.33. The quantitative estimate of drug-likeness (QED) is 0.536. The maximum Gasteiger partial charge on any atom is 0.123 e. The second-order valence-electron chi connectivity index (χ2n) is 8.71. The average Bonchev–Trinajstić information content (AvgIpc) is 3.32. The number of halogens is 1. The molecule has 0 radical (unpaired) electrons. The molecule has 2 atom stereocenters. The molecule has 0 aromatic heterocycles. The number of hydrogen-bond donors (Lipinski definition) is 1. The van der Waals surface area contributed by atoms with Crippen LogP contribution in [0.15, 0.2) is 66.7 Å². The fourth-order valence-corrected chi connectivity index (χ4v) is 5.12. The molecular formula is C27H28ClNO2. The summed E-state index contributed by atoms with van der Waals surface area (Å²) in [4.78, 5) is 2.56. The molecule has 2 aliphatic rings. The molecule has 5 rings (SSSR count). The molecule has 160 valence electrons. The number of aromatic hydroxyl groups is 1. The molecule has 0 amide bonds. The van der Waals surface area contributed by atoms with Crippen LogP contribution in [0.2, 0.25) is 5.02 Å². The smallest absolute Gasteiger partial charge is 0.123 e. The highest BCUT2D eigenvalue weighted by molar-refractivity contribution is 6.30. The fraction of sp³-hybridized carbons (Fsp3) is 0.333.